The van der Waals surface area contributed by atoms with Crippen LogP contribution < -0.4 is 4.49 Å². The van der Waals surface area contributed by atoms with Crippen molar-refractivity contribution in [1.82, 2.24) is 4.49 Å². The maximum absolute atomic E-state index is 13.0. The molecule has 0 aromatic heterocycles. The highest BCUT2D eigenvalue weighted by Gasteiger charge is 2.32. The van der Waals surface area contributed by atoms with Gasteiger partial charge in [0.2, 0.25) is 10.0 Å². The Morgan fingerprint density at radius 1 is 0.852 bits per heavy atom. The molecule has 1 aromatic rings. The maximum atomic E-state index is 13.0. The summed E-state index contributed by atoms with van der Waals surface area (Å²) < 4.78 is 51.2. The third kappa shape index (κ3) is 9.86. The van der Waals surface area contributed by atoms with E-state index in [0.29, 0.717) is 12.8 Å². The van der Waals surface area contributed by atoms with E-state index in [-0.39, 0.29) is 18.1 Å². The van der Waals surface area contributed by atoms with Crippen molar-refractivity contribution in [3.63, 3.8) is 0 Å². The van der Waals surface area contributed by atoms with Crippen molar-refractivity contribution in [2.45, 2.75) is 77.0 Å². The second-order valence-electron chi connectivity index (χ2n) is 6.69. The predicted molar refractivity (Wildman–Crippen MR) is 109 cm³/mol. The van der Waals surface area contributed by atoms with Crippen LogP contribution >= 0.6 is 7.75 Å². The molecule has 1 N–H and O–H groups in total. The molecule has 0 unspecified atom stereocenters. The van der Waals surface area contributed by atoms with Crippen molar-refractivity contribution >= 4 is 17.8 Å². The molecule has 0 saturated heterocycles. The molecule has 0 atom stereocenters. The van der Waals surface area contributed by atoms with Crippen molar-refractivity contribution in [2.24, 2.45) is 0 Å². The summed E-state index contributed by atoms with van der Waals surface area (Å²) in [5.41, 5.74) is 0.941. The van der Waals surface area contributed by atoms with Crippen molar-refractivity contribution < 1.29 is 22.0 Å². The summed E-state index contributed by atoms with van der Waals surface area (Å²) in [5, 5.41) is 0. The Bertz CT molecular complexity index is 658. The molecule has 0 aliphatic rings. The number of unbranched alkanes of at least 4 members (excludes halogenated alkanes) is 6. The number of hydrogen-bond donors (Lipinski definition) is 1. The Morgan fingerprint density at radius 2 is 1.33 bits per heavy atom. The second-order valence-corrected chi connectivity index (χ2v) is 10.4. The lowest BCUT2D eigenvalue weighted by atomic mass is 10.2. The Balaban J connectivity index is 2.75. The van der Waals surface area contributed by atoms with Gasteiger partial charge in [-0.15, -0.1) is 4.49 Å². The van der Waals surface area contributed by atoms with Crippen molar-refractivity contribution in [3.8, 4) is 0 Å². The van der Waals surface area contributed by atoms with Crippen LogP contribution in [0.25, 0.3) is 0 Å². The molecular weight excluding hydrogens is 385 g/mol. The monoisotopic (exact) mass is 419 g/mol. The van der Waals surface area contributed by atoms with Gasteiger partial charge in [-0.1, -0.05) is 70.1 Å². The first kappa shape index (κ1) is 24.3. The van der Waals surface area contributed by atoms with Gasteiger partial charge in [0.05, 0.1) is 18.1 Å². The van der Waals surface area contributed by atoms with Crippen LogP contribution in [-0.4, -0.2) is 21.6 Å². The summed E-state index contributed by atoms with van der Waals surface area (Å²) >= 11 is 0. The highest BCUT2D eigenvalue weighted by Crippen LogP contribution is 2.45. The maximum Gasteiger partial charge on any atom is 0.419 e. The summed E-state index contributed by atoms with van der Waals surface area (Å²) in [6, 6.07) is 6.34. The zero-order chi connectivity index (χ0) is 20.2. The highest BCUT2D eigenvalue weighted by molar-refractivity contribution is 7.94. The third-order valence-electron chi connectivity index (χ3n) is 4.08. The Morgan fingerprint density at radius 3 is 1.78 bits per heavy atom. The van der Waals surface area contributed by atoms with Crippen LogP contribution in [0.2, 0.25) is 0 Å². The summed E-state index contributed by atoms with van der Waals surface area (Å²) in [5.74, 6) is 0. The molecule has 0 heterocycles. The summed E-state index contributed by atoms with van der Waals surface area (Å²) in [6.45, 7) is 6.46. The van der Waals surface area contributed by atoms with E-state index in [2.05, 4.69) is 18.3 Å². The van der Waals surface area contributed by atoms with Gasteiger partial charge in [-0.25, -0.2) is 13.0 Å². The normalized spacial score (nSPS) is 12.4. The van der Waals surface area contributed by atoms with Crippen molar-refractivity contribution in [2.75, 3.05) is 13.2 Å². The minimum absolute atomic E-state index is 0.0393. The standard InChI is InChI=1S/C19H34NO5PS/c1-4-6-8-10-16-24-26(21,25-17-11-9-7-5-2)20-27(22,23)19-14-12-18(3)13-15-19/h12-15H,4-11,16-17H2,1-3H3,(H,20,21). The average molecular weight is 420 g/mol. The van der Waals surface area contributed by atoms with Crippen LogP contribution in [0, 0.1) is 6.92 Å². The molecule has 0 aliphatic heterocycles. The van der Waals surface area contributed by atoms with Crippen LogP contribution in [0.1, 0.15) is 70.8 Å². The largest absolute Gasteiger partial charge is 0.419 e. The Kier molecular flexibility index (Phi) is 11.4. The lowest BCUT2D eigenvalue weighted by molar-refractivity contribution is 0.194. The van der Waals surface area contributed by atoms with Gasteiger partial charge in [0, 0.05) is 0 Å². The lowest BCUT2D eigenvalue weighted by Crippen LogP contribution is -2.24. The molecule has 0 radical (unpaired) electrons. The molecule has 1 aromatic carbocycles. The fourth-order valence-electron chi connectivity index (χ4n) is 2.43. The van der Waals surface area contributed by atoms with Crippen molar-refractivity contribution in [1.29, 1.82) is 0 Å². The van der Waals surface area contributed by atoms with E-state index in [1.807, 2.05) is 6.92 Å². The van der Waals surface area contributed by atoms with Gasteiger partial charge in [-0.3, -0.25) is 9.05 Å². The fraction of sp³-hybridized carbons (Fsp3) is 0.684. The van der Waals surface area contributed by atoms with Gasteiger partial charge >= 0.3 is 7.75 Å². The first-order valence-electron chi connectivity index (χ1n) is 9.83. The summed E-state index contributed by atoms with van der Waals surface area (Å²) in [6.07, 6.45) is 7.57. The van der Waals surface area contributed by atoms with E-state index in [4.69, 9.17) is 9.05 Å². The van der Waals surface area contributed by atoms with Crippen LogP contribution in [0.4, 0.5) is 0 Å². The van der Waals surface area contributed by atoms with Gasteiger partial charge in [-0.2, -0.15) is 0 Å². The fourth-order valence-corrected chi connectivity index (χ4v) is 5.76. The molecule has 0 aliphatic carbocycles. The summed E-state index contributed by atoms with van der Waals surface area (Å²) in [7, 11) is -7.95. The quantitative estimate of drug-likeness (QED) is 0.297. The van der Waals surface area contributed by atoms with Crippen molar-refractivity contribution in [3.05, 3.63) is 29.8 Å². The topological polar surface area (TPSA) is 81.7 Å². The van der Waals surface area contributed by atoms with E-state index in [0.717, 1.165) is 44.1 Å². The van der Waals surface area contributed by atoms with Crippen LogP contribution in [0.3, 0.4) is 0 Å². The molecule has 0 fully saturated rings. The first-order valence-corrected chi connectivity index (χ1v) is 12.9. The van der Waals surface area contributed by atoms with E-state index < -0.39 is 17.8 Å². The molecule has 8 heteroatoms. The molecule has 0 amide bonds. The molecule has 1 rings (SSSR count). The van der Waals surface area contributed by atoms with Gasteiger partial charge in [-0.05, 0) is 31.9 Å². The average Bonchev–Trinajstić information content (AvgIpc) is 2.61. The number of sulfonamides is 1. The first-order chi connectivity index (χ1) is 12.8. The van der Waals surface area contributed by atoms with Crippen LogP contribution in [-0.2, 0) is 23.6 Å². The minimum atomic E-state index is -3.99. The number of aryl methyl sites for hydroxylation is 1. The molecular formula is C19H34NO5PS. The number of nitrogens with one attached hydrogen (secondary N) is 1. The number of hydrogen-bond acceptors (Lipinski definition) is 5. The molecule has 156 valence electrons. The zero-order valence-electron chi connectivity index (χ0n) is 16.8. The lowest BCUT2D eigenvalue weighted by Gasteiger charge is -2.19. The minimum Gasteiger partial charge on any atom is -0.296 e. The van der Waals surface area contributed by atoms with Crippen LogP contribution in [0.5, 0.6) is 0 Å². The van der Waals surface area contributed by atoms with Gasteiger partial charge in [0.1, 0.15) is 0 Å². The predicted octanol–water partition coefficient (Wildman–Crippen LogP) is 5.58. The molecule has 6 nitrogen and oxygen atoms in total. The molecule has 0 saturated carbocycles. The Hall–Kier alpha value is -0.720. The summed E-state index contributed by atoms with van der Waals surface area (Å²) in [4.78, 5) is 0.0393. The number of benzene rings is 1. The van der Waals surface area contributed by atoms with E-state index >= 15 is 0 Å². The van der Waals surface area contributed by atoms with Gasteiger partial charge in [0.15, 0.2) is 0 Å². The van der Waals surface area contributed by atoms with E-state index in [1.54, 1.807) is 12.1 Å². The number of rotatable bonds is 15. The van der Waals surface area contributed by atoms with E-state index in [1.165, 1.54) is 12.1 Å². The second kappa shape index (κ2) is 12.7. The van der Waals surface area contributed by atoms with E-state index in [9.17, 15) is 13.0 Å². The van der Waals surface area contributed by atoms with Gasteiger partial charge in [0.25, 0.3) is 0 Å². The molecule has 0 bridgehead atoms. The smallest absolute Gasteiger partial charge is 0.296 e. The van der Waals surface area contributed by atoms with Gasteiger partial charge < -0.3 is 0 Å². The third-order valence-corrected chi connectivity index (χ3v) is 7.88. The van der Waals surface area contributed by atoms with Crippen LogP contribution in [0.15, 0.2) is 29.2 Å². The molecule has 27 heavy (non-hydrogen) atoms. The molecule has 0 spiro atoms. The zero-order valence-corrected chi connectivity index (χ0v) is 18.5. The highest BCUT2D eigenvalue weighted by atomic mass is 32.2. The SMILES string of the molecule is CCCCCCOP(=O)(NS(=O)(=O)c1ccc(C)cc1)OCCCCCC. The Labute approximate surface area is 164 Å².